The molecule has 2 aromatic carbocycles. The van der Waals surface area contributed by atoms with Gasteiger partial charge >= 0.3 is 29.9 Å². The largest absolute Gasteiger partial charge is 0.481 e. The summed E-state index contributed by atoms with van der Waals surface area (Å²) in [4.78, 5) is 148. The van der Waals surface area contributed by atoms with E-state index in [0.717, 1.165) is 18.4 Å². The van der Waals surface area contributed by atoms with Gasteiger partial charge in [0.05, 0.1) is 30.8 Å². The Hall–Kier alpha value is -7.21. The number of hydrogen-bond acceptors (Lipinski definition) is 15. The molecule has 0 heterocycles. The average molecular weight is 1060 g/mol. The number of rotatable bonds is 40. The van der Waals surface area contributed by atoms with Crippen molar-refractivity contribution < 1.29 is 82.7 Å². The van der Waals surface area contributed by atoms with Crippen LogP contribution in [0.3, 0.4) is 0 Å². The van der Waals surface area contributed by atoms with Crippen LogP contribution in [0.25, 0.3) is 0 Å². The van der Waals surface area contributed by atoms with E-state index in [0.29, 0.717) is 31.2 Å². The first kappa shape index (κ1) is 62.9. The third-order valence-electron chi connectivity index (χ3n) is 11.6. The Kier molecular flexibility index (Phi) is 29.8. The second-order valence-corrected chi connectivity index (χ2v) is 18.0. The van der Waals surface area contributed by atoms with Gasteiger partial charge in [-0.3, -0.25) is 47.9 Å². The molecule has 0 aliphatic heterocycles. The summed E-state index contributed by atoms with van der Waals surface area (Å²) in [7, 11) is 0. The monoisotopic (exact) mass is 1060 g/mol. The van der Waals surface area contributed by atoms with Gasteiger partial charge in [0, 0.05) is 56.7 Å². The molecule has 0 radical (unpaired) electrons. The van der Waals surface area contributed by atoms with E-state index in [2.05, 4.69) is 43.9 Å². The zero-order chi connectivity index (χ0) is 55.0. The molecule has 23 nitrogen and oxygen atoms in total. The fraction of sp³-hybridized carbons (Fsp3) is 0.520. The van der Waals surface area contributed by atoms with Crippen molar-refractivity contribution in [3.63, 3.8) is 0 Å². The first-order valence-corrected chi connectivity index (χ1v) is 24.8. The van der Waals surface area contributed by atoms with Crippen molar-refractivity contribution in [3.05, 3.63) is 71.8 Å². The second-order valence-electron chi connectivity index (χ2n) is 17.6. The summed E-state index contributed by atoms with van der Waals surface area (Å²) in [6, 6.07) is 11.2. The smallest absolute Gasteiger partial charge is 0.326 e. The molecular weight excluding hydrogens is 989 g/mol. The van der Waals surface area contributed by atoms with Crippen molar-refractivity contribution in [1.82, 2.24) is 26.6 Å². The molecule has 0 unspecified atom stereocenters. The number of ketones is 3. The average Bonchev–Trinajstić information content (AvgIpc) is 3.35. The van der Waals surface area contributed by atoms with Crippen LogP contribution in [0.1, 0.15) is 107 Å². The van der Waals surface area contributed by atoms with Gasteiger partial charge < -0.3 is 57.5 Å². The normalized spacial score (nSPS) is 13.7. The molecule has 406 valence electrons. The number of Topliss-reactive ketones (excluding diaryl/α,β-unsaturated/α-hetero) is 3. The second kappa shape index (κ2) is 35.0. The van der Waals surface area contributed by atoms with Crippen LogP contribution in [0, 0.1) is 11.8 Å². The van der Waals surface area contributed by atoms with Crippen molar-refractivity contribution in [1.29, 1.82) is 0 Å². The number of carbonyl (C=O) groups is 12. The van der Waals surface area contributed by atoms with E-state index in [1.807, 2.05) is 0 Å². The van der Waals surface area contributed by atoms with Crippen molar-refractivity contribution >= 4 is 84.1 Å². The molecule has 0 aromatic heterocycles. The van der Waals surface area contributed by atoms with Crippen LogP contribution in [-0.4, -0.2) is 135 Å². The standard InChI is InChI=1S/C50H68N6O17S/c51-36(47(67)54-39(27-45(64)65)41(60)26-34(29-74)48(68)69)28-52-46(66)33(23-31-13-7-5-8-14-31)25-40(59)38(24-32-15-9-6-10-16-32)53-42(61)18-12-4-2-1-3-11-17-35(58)19-20-37(49(70)71)55-50(72)56-43(73-30-57)21-22-44(62)63/h5-10,13-16,30,33-34,36-39,43,74H,1-4,11-12,17-29,51H2,(H,52,66)(H,53,61)(H,54,67)(H,62,63)(H,64,65)(H,68,69)(H,70,71)(H2,55,56,72)/t33-,34+,36+,37+,38+,39+,43-/m1/s1. The minimum absolute atomic E-state index is 0.0136. The number of hydrogen-bond donors (Lipinski definition) is 11. The number of carboxylic acid groups (broad SMARTS) is 4. The van der Waals surface area contributed by atoms with Gasteiger partial charge in [0.25, 0.3) is 6.47 Å². The molecule has 0 saturated carbocycles. The highest BCUT2D eigenvalue weighted by Gasteiger charge is 2.32. The van der Waals surface area contributed by atoms with Crippen molar-refractivity contribution in [2.45, 2.75) is 140 Å². The molecule has 24 heteroatoms. The quantitative estimate of drug-likeness (QED) is 0.0197. The highest BCUT2D eigenvalue weighted by atomic mass is 32.1. The number of unbranched alkanes of at least 4 members (excludes halogenated alkanes) is 5. The van der Waals surface area contributed by atoms with Crippen LogP contribution < -0.4 is 32.3 Å². The molecule has 0 saturated heterocycles. The number of amides is 5. The summed E-state index contributed by atoms with van der Waals surface area (Å²) in [6.07, 6.45) is 0.257. The van der Waals surface area contributed by atoms with Crippen LogP contribution >= 0.6 is 12.6 Å². The summed E-state index contributed by atoms with van der Waals surface area (Å²) >= 11 is 3.92. The number of thiol groups is 1. The zero-order valence-corrected chi connectivity index (χ0v) is 41.8. The Morgan fingerprint density at radius 1 is 0.568 bits per heavy atom. The minimum Gasteiger partial charge on any atom is -0.481 e. The molecule has 0 bridgehead atoms. The first-order valence-electron chi connectivity index (χ1n) is 24.2. The maximum Gasteiger partial charge on any atom is 0.326 e. The number of benzene rings is 2. The molecule has 5 amide bonds. The lowest BCUT2D eigenvalue weighted by Gasteiger charge is -2.23. The molecule has 0 fully saturated rings. The number of ether oxygens (including phenoxy) is 1. The van der Waals surface area contributed by atoms with Gasteiger partial charge in [0.1, 0.15) is 17.9 Å². The molecule has 0 aliphatic carbocycles. The van der Waals surface area contributed by atoms with Gasteiger partial charge in [0.2, 0.25) is 17.7 Å². The molecule has 2 aromatic rings. The third kappa shape index (κ3) is 26.5. The fourth-order valence-corrected chi connectivity index (χ4v) is 7.79. The van der Waals surface area contributed by atoms with Crippen LogP contribution in [-0.2, 0) is 70.3 Å². The Balaban J connectivity index is 1.95. The van der Waals surface area contributed by atoms with E-state index in [1.54, 1.807) is 60.7 Å². The minimum atomic E-state index is -1.61. The van der Waals surface area contributed by atoms with Gasteiger partial charge in [-0.15, -0.1) is 0 Å². The topological polar surface area (TPSA) is 381 Å². The van der Waals surface area contributed by atoms with E-state index >= 15 is 0 Å². The van der Waals surface area contributed by atoms with E-state index < -0.39 is 121 Å². The van der Waals surface area contributed by atoms with Crippen molar-refractivity contribution in [2.75, 3.05) is 12.3 Å². The molecule has 0 aliphatic rings. The van der Waals surface area contributed by atoms with Crippen molar-refractivity contribution in [3.8, 4) is 0 Å². The predicted octanol–water partition coefficient (Wildman–Crippen LogP) is 2.11. The van der Waals surface area contributed by atoms with Crippen molar-refractivity contribution in [2.24, 2.45) is 17.6 Å². The van der Waals surface area contributed by atoms with Gasteiger partial charge in [-0.1, -0.05) is 86.3 Å². The Morgan fingerprint density at radius 2 is 1.14 bits per heavy atom. The number of aliphatic carboxylic acids is 4. The lowest BCUT2D eigenvalue weighted by molar-refractivity contribution is -0.144. The first-order chi connectivity index (χ1) is 35.2. The lowest BCUT2D eigenvalue weighted by atomic mass is 9.89. The molecule has 2 rings (SSSR count). The fourth-order valence-electron chi connectivity index (χ4n) is 7.51. The van der Waals surface area contributed by atoms with E-state index in [1.165, 1.54) is 0 Å². The predicted molar refractivity (Wildman–Crippen MR) is 267 cm³/mol. The van der Waals surface area contributed by atoms with Crippen LogP contribution in [0.2, 0.25) is 0 Å². The van der Waals surface area contributed by atoms with Gasteiger partial charge in [0.15, 0.2) is 17.8 Å². The summed E-state index contributed by atoms with van der Waals surface area (Å²) in [6.45, 7) is -0.463. The Bertz CT molecular complexity index is 2200. The summed E-state index contributed by atoms with van der Waals surface area (Å²) in [5.41, 5.74) is 7.52. The molecule has 11 N–H and O–H groups in total. The van der Waals surface area contributed by atoms with Gasteiger partial charge in [-0.05, 0) is 43.2 Å². The summed E-state index contributed by atoms with van der Waals surface area (Å²) < 4.78 is 4.62. The number of urea groups is 1. The number of nitrogens with two attached hydrogens (primary N) is 1. The zero-order valence-electron chi connectivity index (χ0n) is 40.9. The Labute approximate surface area is 433 Å². The maximum atomic E-state index is 14.1. The van der Waals surface area contributed by atoms with Crippen LogP contribution in [0.15, 0.2) is 60.7 Å². The van der Waals surface area contributed by atoms with E-state index in [9.17, 15) is 72.9 Å². The Morgan fingerprint density at radius 3 is 1.69 bits per heavy atom. The van der Waals surface area contributed by atoms with Gasteiger partial charge in [-0.25, -0.2) is 9.59 Å². The van der Waals surface area contributed by atoms with Crippen LogP contribution in [0.5, 0.6) is 0 Å². The third-order valence-corrected chi connectivity index (χ3v) is 12.1. The number of carbonyl (C=O) groups excluding carboxylic acids is 8. The highest BCUT2D eigenvalue weighted by Crippen LogP contribution is 2.18. The van der Waals surface area contributed by atoms with E-state index in [-0.39, 0.29) is 75.3 Å². The molecule has 7 atom stereocenters. The summed E-state index contributed by atoms with van der Waals surface area (Å²) in [5, 5.41) is 49.0. The maximum absolute atomic E-state index is 14.1. The number of nitrogens with one attached hydrogen (secondary N) is 5. The van der Waals surface area contributed by atoms with Crippen LogP contribution in [0.4, 0.5) is 4.79 Å². The SMILES string of the molecule is N[C@@H](CNC(=O)[C@@H](CC(=O)[C@H](Cc1ccccc1)NC(=O)CCCCCCCCC(=O)CC[C@H](NC(=O)N[C@@H](CCC(=O)O)OC=O)C(=O)O)Cc1ccccc1)C(=O)N[C@@H](CC(=O)O)C(=O)C[C@@H](CS)C(=O)O. The van der Waals surface area contributed by atoms with E-state index in [4.69, 9.17) is 10.8 Å². The molecule has 0 spiro atoms. The highest BCUT2D eigenvalue weighted by molar-refractivity contribution is 7.80. The lowest BCUT2D eigenvalue weighted by Crippen LogP contribution is -2.53. The molecule has 74 heavy (non-hydrogen) atoms. The van der Waals surface area contributed by atoms with Gasteiger partial charge in [-0.2, -0.15) is 12.6 Å². The number of carboxylic acids is 4. The summed E-state index contributed by atoms with van der Waals surface area (Å²) in [5.74, 6) is -11.3. The molecular formula is C50H68N6O17S.